The van der Waals surface area contributed by atoms with Gasteiger partial charge in [-0.05, 0) is 23.8 Å². The Balaban J connectivity index is 1.95. The lowest BCUT2D eigenvalue weighted by Crippen LogP contribution is -2.16. The molecule has 3 aromatic rings. The molecule has 0 aliphatic heterocycles. The topological polar surface area (TPSA) is 43.3 Å². The Kier molecular flexibility index (Phi) is 6.52. The van der Waals surface area contributed by atoms with Crippen LogP contribution in [-0.2, 0) is 6.54 Å². The number of rotatable bonds is 8. The van der Waals surface area contributed by atoms with Gasteiger partial charge in [0.05, 0.1) is 39.8 Å². The molecule has 3 aromatic carbocycles. The molecule has 0 aliphatic carbocycles. The Bertz CT molecular complexity index is 912. The van der Waals surface area contributed by atoms with Gasteiger partial charge >= 0.3 is 0 Å². The highest BCUT2D eigenvalue weighted by Crippen LogP contribution is 2.34. The van der Waals surface area contributed by atoms with E-state index in [1.165, 1.54) is 5.56 Å². The van der Waals surface area contributed by atoms with Gasteiger partial charge in [0.15, 0.2) is 11.5 Å². The minimum atomic E-state index is 0.612. The molecule has 28 heavy (non-hydrogen) atoms. The van der Waals surface area contributed by atoms with E-state index in [0.717, 1.165) is 11.3 Å². The van der Waals surface area contributed by atoms with Gasteiger partial charge in [0, 0.05) is 11.6 Å². The molecule has 5 heteroatoms. The van der Waals surface area contributed by atoms with E-state index < -0.39 is 0 Å². The van der Waals surface area contributed by atoms with Gasteiger partial charge in [-0.1, -0.05) is 48.5 Å². The van der Waals surface area contributed by atoms with Crippen LogP contribution in [0, 0.1) is 0 Å². The normalized spacial score (nSPS) is 10.7. The molecule has 0 spiro atoms. The first-order valence-corrected chi connectivity index (χ1v) is 8.95. The van der Waals surface area contributed by atoms with Gasteiger partial charge in [0.1, 0.15) is 5.75 Å². The first kappa shape index (κ1) is 19.3. The van der Waals surface area contributed by atoms with E-state index >= 15 is 0 Å². The number of nitrogens with zero attached hydrogens (tertiary/aromatic N) is 2. The molecule has 0 amide bonds. The van der Waals surface area contributed by atoms with Gasteiger partial charge in [-0.25, -0.2) is 0 Å². The van der Waals surface area contributed by atoms with E-state index in [-0.39, 0.29) is 0 Å². The van der Waals surface area contributed by atoms with Crippen LogP contribution in [-0.4, -0.2) is 27.5 Å². The molecule has 0 aromatic heterocycles. The fourth-order valence-corrected chi connectivity index (χ4v) is 2.84. The molecule has 0 N–H and O–H groups in total. The molecule has 0 saturated heterocycles. The van der Waals surface area contributed by atoms with Crippen molar-refractivity contribution < 1.29 is 14.2 Å². The predicted octanol–water partition coefficient (Wildman–Crippen LogP) is 4.75. The van der Waals surface area contributed by atoms with Crippen LogP contribution in [0.5, 0.6) is 17.2 Å². The lowest BCUT2D eigenvalue weighted by Gasteiger charge is -2.19. The molecule has 0 heterocycles. The Labute approximate surface area is 165 Å². The van der Waals surface area contributed by atoms with Crippen LogP contribution in [0.15, 0.2) is 77.9 Å². The molecule has 5 nitrogen and oxygen atoms in total. The highest BCUT2D eigenvalue weighted by molar-refractivity contribution is 5.85. The summed E-state index contributed by atoms with van der Waals surface area (Å²) in [5.74, 6) is 1.90. The lowest BCUT2D eigenvalue weighted by atomic mass is 10.2. The SMILES string of the molecule is COc1cc(OC)c(OC)cc1/C=N/N(Cc1ccccc1)c1ccccc1. The summed E-state index contributed by atoms with van der Waals surface area (Å²) >= 11 is 0. The number of ether oxygens (including phenoxy) is 3. The van der Waals surface area contributed by atoms with Crippen molar-refractivity contribution in [3.05, 3.63) is 83.9 Å². The average molecular weight is 376 g/mol. The van der Waals surface area contributed by atoms with Gasteiger partial charge in [0.25, 0.3) is 0 Å². The van der Waals surface area contributed by atoms with Crippen LogP contribution < -0.4 is 19.2 Å². The smallest absolute Gasteiger partial charge is 0.164 e. The molecule has 144 valence electrons. The maximum absolute atomic E-state index is 5.50. The van der Waals surface area contributed by atoms with Crippen molar-refractivity contribution in [3.8, 4) is 17.2 Å². The van der Waals surface area contributed by atoms with Gasteiger partial charge in [-0.15, -0.1) is 0 Å². The van der Waals surface area contributed by atoms with Crippen molar-refractivity contribution in [2.45, 2.75) is 6.54 Å². The summed E-state index contributed by atoms with van der Waals surface area (Å²) in [5, 5.41) is 6.68. The minimum absolute atomic E-state index is 0.612. The molecule has 0 saturated carbocycles. The zero-order chi connectivity index (χ0) is 19.8. The zero-order valence-electron chi connectivity index (χ0n) is 16.3. The highest BCUT2D eigenvalue weighted by Gasteiger charge is 2.11. The van der Waals surface area contributed by atoms with Crippen molar-refractivity contribution in [1.82, 2.24) is 0 Å². The summed E-state index contributed by atoms with van der Waals surface area (Å²) in [6.07, 6.45) is 1.77. The number of para-hydroxylation sites is 1. The van der Waals surface area contributed by atoms with E-state index in [0.29, 0.717) is 23.8 Å². The van der Waals surface area contributed by atoms with E-state index in [9.17, 15) is 0 Å². The van der Waals surface area contributed by atoms with Gasteiger partial charge in [-0.3, -0.25) is 5.01 Å². The molecule has 0 unspecified atom stereocenters. The molecule has 0 aliphatic rings. The standard InChI is InChI=1S/C23H24N2O3/c1-26-21-15-23(28-3)22(27-2)14-19(21)16-24-25(20-12-8-5-9-13-20)17-18-10-6-4-7-11-18/h4-16H,17H2,1-3H3/b24-16+. The van der Waals surface area contributed by atoms with Gasteiger partial charge < -0.3 is 14.2 Å². The van der Waals surface area contributed by atoms with Gasteiger partial charge in [-0.2, -0.15) is 5.10 Å². The van der Waals surface area contributed by atoms with E-state index in [1.807, 2.05) is 59.6 Å². The van der Waals surface area contributed by atoms with Crippen LogP contribution in [0.3, 0.4) is 0 Å². The molecular formula is C23H24N2O3. The van der Waals surface area contributed by atoms with Crippen molar-refractivity contribution in [1.29, 1.82) is 0 Å². The van der Waals surface area contributed by atoms with Crippen molar-refractivity contribution >= 4 is 11.9 Å². The second kappa shape index (κ2) is 9.46. The Hall–Kier alpha value is -3.47. The van der Waals surface area contributed by atoms with Crippen molar-refractivity contribution in [2.24, 2.45) is 5.10 Å². The quantitative estimate of drug-likeness (QED) is 0.420. The van der Waals surface area contributed by atoms with Crippen molar-refractivity contribution in [2.75, 3.05) is 26.3 Å². The van der Waals surface area contributed by atoms with Crippen molar-refractivity contribution in [3.63, 3.8) is 0 Å². The molecule has 0 atom stereocenters. The maximum atomic E-state index is 5.50. The van der Waals surface area contributed by atoms with Crippen LogP contribution >= 0.6 is 0 Å². The van der Waals surface area contributed by atoms with Crippen LogP contribution in [0.4, 0.5) is 5.69 Å². The Morgan fingerprint density at radius 1 is 0.750 bits per heavy atom. The number of benzene rings is 3. The summed E-state index contributed by atoms with van der Waals surface area (Å²) < 4.78 is 16.3. The summed E-state index contributed by atoms with van der Waals surface area (Å²) in [6, 6.07) is 23.9. The summed E-state index contributed by atoms with van der Waals surface area (Å²) in [7, 11) is 4.83. The monoisotopic (exact) mass is 376 g/mol. The highest BCUT2D eigenvalue weighted by atomic mass is 16.5. The zero-order valence-corrected chi connectivity index (χ0v) is 16.3. The minimum Gasteiger partial charge on any atom is -0.496 e. The molecule has 3 rings (SSSR count). The van der Waals surface area contributed by atoms with Gasteiger partial charge in [0.2, 0.25) is 0 Å². The van der Waals surface area contributed by atoms with E-state index in [2.05, 4.69) is 12.1 Å². The second-order valence-corrected chi connectivity index (χ2v) is 6.07. The summed E-state index contributed by atoms with van der Waals surface area (Å²) in [6.45, 7) is 0.650. The van der Waals surface area contributed by atoms with E-state index in [4.69, 9.17) is 19.3 Å². The lowest BCUT2D eigenvalue weighted by molar-refractivity contribution is 0.349. The number of hydrogen-bond donors (Lipinski definition) is 0. The summed E-state index contributed by atoms with van der Waals surface area (Å²) in [4.78, 5) is 0. The fourth-order valence-electron chi connectivity index (χ4n) is 2.84. The molecular weight excluding hydrogens is 352 g/mol. The number of hydrogen-bond acceptors (Lipinski definition) is 5. The second-order valence-electron chi connectivity index (χ2n) is 6.07. The predicted molar refractivity (Wildman–Crippen MR) is 113 cm³/mol. The Morgan fingerprint density at radius 3 is 1.93 bits per heavy atom. The Morgan fingerprint density at radius 2 is 1.32 bits per heavy atom. The molecule has 0 fully saturated rings. The first-order chi connectivity index (χ1) is 13.7. The first-order valence-electron chi connectivity index (χ1n) is 8.95. The van der Waals surface area contributed by atoms with Crippen LogP contribution in [0.25, 0.3) is 0 Å². The van der Waals surface area contributed by atoms with Crippen LogP contribution in [0.2, 0.25) is 0 Å². The third-order valence-electron chi connectivity index (χ3n) is 4.30. The average Bonchev–Trinajstić information content (AvgIpc) is 2.77. The maximum Gasteiger partial charge on any atom is 0.164 e. The third kappa shape index (κ3) is 4.62. The number of anilines is 1. The summed E-state index contributed by atoms with van der Waals surface area (Å²) in [5.41, 5.74) is 2.97. The largest absolute Gasteiger partial charge is 0.496 e. The van der Waals surface area contributed by atoms with E-state index in [1.54, 1.807) is 33.6 Å². The number of methoxy groups -OCH3 is 3. The number of hydrazone groups is 1. The molecule has 0 bridgehead atoms. The van der Waals surface area contributed by atoms with Crippen LogP contribution in [0.1, 0.15) is 11.1 Å². The fraction of sp³-hybridized carbons (Fsp3) is 0.174. The molecule has 0 radical (unpaired) electrons. The third-order valence-corrected chi connectivity index (χ3v) is 4.30.